The molecule has 0 spiro atoms. The molecule has 0 bridgehead atoms. The Balaban J connectivity index is 2.48. The molecule has 1 heterocycles. The van der Waals surface area contributed by atoms with Crippen molar-refractivity contribution in [3.05, 3.63) is 0 Å². The van der Waals surface area contributed by atoms with Gasteiger partial charge >= 0.3 is 5.97 Å². The lowest BCUT2D eigenvalue weighted by atomic mass is 9.93. The molecular weight excluding hydrogens is 224 g/mol. The first-order valence-corrected chi connectivity index (χ1v) is 6.03. The summed E-state index contributed by atoms with van der Waals surface area (Å²) in [6.07, 6.45) is 1.86. The van der Waals surface area contributed by atoms with Crippen LogP contribution in [-0.4, -0.2) is 39.2 Å². The molecule has 1 saturated heterocycles. The normalized spacial score (nSPS) is 24.1. The van der Waals surface area contributed by atoms with E-state index >= 15 is 0 Å². The van der Waals surface area contributed by atoms with Crippen molar-refractivity contribution in [2.45, 2.75) is 51.6 Å². The zero-order chi connectivity index (χ0) is 12.3. The molecule has 1 unspecified atom stereocenters. The second kappa shape index (κ2) is 4.99. The van der Waals surface area contributed by atoms with Crippen LogP contribution in [0.4, 0.5) is 0 Å². The smallest absolute Gasteiger partial charge is 0.303 e. The van der Waals surface area contributed by atoms with E-state index in [1.165, 1.54) is 0 Å². The fourth-order valence-corrected chi connectivity index (χ4v) is 2.73. The van der Waals surface area contributed by atoms with Crippen LogP contribution in [0.1, 0.15) is 40.0 Å². The summed E-state index contributed by atoms with van der Waals surface area (Å²) in [5.74, 6) is -0.746. The lowest BCUT2D eigenvalue weighted by Crippen LogP contribution is -2.60. The van der Waals surface area contributed by atoms with Crippen LogP contribution in [0.15, 0.2) is 0 Å². The van der Waals surface area contributed by atoms with Gasteiger partial charge in [-0.05, 0) is 45.8 Å². The standard InChI is InChI=1S/C11H20N2O2S/c1-8-7-11(2,3)12-10(16)13(8)6-4-5-9(14)15/h8H,4-7H2,1-3H3,(H,12,16)(H,14,15). The Morgan fingerprint density at radius 2 is 2.31 bits per heavy atom. The van der Waals surface area contributed by atoms with Gasteiger partial charge in [-0.3, -0.25) is 4.79 Å². The molecule has 0 radical (unpaired) electrons. The van der Waals surface area contributed by atoms with Crippen LogP contribution >= 0.6 is 12.2 Å². The molecule has 1 fully saturated rings. The summed E-state index contributed by atoms with van der Waals surface area (Å²) < 4.78 is 0. The Labute approximate surface area is 102 Å². The first kappa shape index (κ1) is 13.2. The number of carboxylic acid groups (broad SMARTS) is 1. The van der Waals surface area contributed by atoms with Gasteiger partial charge in [0.2, 0.25) is 0 Å². The molecule has 0 aromatic heterocycles. The molecule has 2 N–H and O–H groups in total. The van der Waals surface area contributed by atoms with Crippen molar-refractivity contribution in [3.8, 4) is 0 Å². The highest BCUT2D eigenvalue weighted by molar-refractivity contribution is 7.80. The number of carbonyl (C=O) groups is 1. The summed E-state index contributed by atoms with van der Waals surface area (Å²) in [5.41, 5.74) is 0.0415. The third-order valence-corrected chi connectivity index (χ3v) is 3.17. The minimum Gasteiger partial charge on any atom is -0.481 e. The van der Waals surface area contributed by atoms with Gasteiger partial charge in [-0.1, -0.05) is 0 Å². The largest absolute Gasteiger partial charge is 0.481 e. The molecule has 16 heavy (non-hydrogen) atoms. The topological polar surface area (TPSA) is 52.6 Å². The number of thiocarbonyl (C=S) groups is 1. The van der Waals surface area contributed by atoms with Crippen molar-refractivity contribution in [2.75, 3.05) is 6.54 Å². The highest BCUT2D eigenvalue weighted by atomic mass is 32.1. The van der Waals surface area contributed by atoms with Crippen LogP contribution in [0.5, 0.6) is 0 Å². The SMILES string of the molecule is CC1CC(C)(C)NC(=S)N1CCCC(=O)O. The van der Waals surface area contributed by atoms with E-state index in [0.29, 0.717) is 12.5 Å². The van der Waals surface area contributed by atoms with Crippen molar-refractivity contribution in [1.82, 2.24) is 10.2 Å². The summed E-state index contributed by atoms with van der Waals surface area (Å²) in [6, 6.07) is 0.373. The van der Waals surface area contributed by atoms with E-state index in [1.54, 1.807) is 0 Å². The number of rotatable bonds is 4. The molecule has 5 heteroatoms. The van der Waals surface area contributed by atoms with E-state index in [-0.39, 0.29) is 12.0 Å². The monoisotopic (exact) mass is 244 g/mol. The first-order chi connectivity index (χ1) is 7.32. The van der Waals surface area contributed by atoms with Crippen LogP contribution in [-0.2, 0) is 4.79 Å². The predicted octanol–water partition coefficient (Wildman–Crippen LogP) is 1.60. The highest BCUT2D eigenvalue weighted by Crippen LogP contribution is 2.22. The number of hydrogen-bond donors (Lipinski definition) is 2. The Kier molecular flexibility index (Phi) is 4.13. The molecule has 1 rings (SSSR count). The van der Waals surface area contributed by atoms with Gasteiger partial charge in [0.15, 0.2) is 5.11 Å². The van der Waals surface area contributed by atoms with Gasteiger partial charge in [0.1, 0.15) is 0 Å². The molecule has 92 valence electrons. The Bertz CT molecular complexity index is 292. The van der Waals surface area contributed by atoms with Crippen LogP contribution in [0.3, 0.4) is 0 Å². The zero-order valence-electron chi connectivity index (χ0n) is 10.1. The average molecular weight is 244 g/mol. The van der Waals surface area contributed by atoms with Crippen LogP contribution in [0, 0.1) is 0 Å². The van der Waals surface area contributed by atoms with E-state index in [2.05, 4.69) is 31.0 Å². The second-order valence-corrected chi connectivity index (χ2v) is 5.44. The van der Waals surface area contributed by atoms with Gasteiger partial charge in [0.05, 0.1) is 0 Å². The van der Waals surface area contributed by atoms with Gasteiger partial charge in [-0.25, -0.2) is 0 Å². The lowest BCUT2D eigenvalue weighted by molar-refractivity contribution is -0.137. The quantitative estimate of drug-likeness (QED) is 0.736. The lowest BCUT2D eigenvalue weighted by Gasteiger charge is -2.44. The number of carboxylic acids is 1. The second-order valence-electron chi connectivity index (χ2n) is 5.06. The molecule has 0 amide bonds. The highest BCUT2D eigenvalue weighted by Gasteiger charge is 2.32. The van der Waals surface area contributed by atoms with Crippen molar-refractivity contribution in [1.29, 1.82) is 0 Å². The number of nitrogens with zero attached hydrogens (tertiary/aromatic N) is 1. The molecule has 4 nitrogen and oxygen atoms in total. The summed E-state index contributed by atoms with van der Waals surface area (Å²) in [6.45, 7) is 7.11. The van der Waals surface area contributed by atoms with Crippen LogP contribution < -0.4 is 5.32 Å². The minimum absolute atomic E-state index is 0.0415. The van der Waals surface area contributed by atoms with E-state index in [9.17, 15) is 4.79 Å². The van der Waals surface area contributed by atoms with Crippen molar-refractivity contribution in [3.63, 3.8) is 0 Å². The third kappa shape index (κ3) is 3.63. The molecule has 0 aromatic rings. The van der Waals surface area contributed by atoms with E-state index in [1.807, 2.05) is 0 Å². The molecule has 1 atom stereocenters. The molecule has 1 aliphatic heterocycles. The fourth-order valence-electron chi connectivity index (χ4n) is 2.18. The van der Waals surface area contributed by atoms with Gasteiger partial charge in [-0.2, -0.15) is 0 Å². The fraction of sp³-hybridized carbons (Fsp3) is 0.818. The van der Waals surface area contributed by atoms with Crippen LogP contribution in [0.2, 0.25) is 0 Å². The number of nitrogens with one attached hydrogen (secondary N) is 1. The maximum absolute atomic E-state index is 10.4. The minimum atomic E-state index is -0.746. The summed E-state index contributed by atoms with van der Waals surface area (Å²) in [5, 5.41) is 12.6. The molecule has 0 aromatic carbocycles. The summed E-state index contributed by atoms with van der Waals surface area (Å²) in [4.78, 5) is 12.5. The molecule has 0 saturated carbocycles. The molecular formula is C11H20N2O2S. The van der Waals surface area contributed by atoms with Gasteiger partial charge < -0.3 is 15.3 Å². The van der Waals surface area contributed by atoms with Crippen LogP contribution in [0.25, 0.3) is 0 Å². The van der Waals surface area contributed by atoms with Gasteiger partial charge in [-0.15, -0.1) is 0 Å². The number of aliphatic carboxylic acids is 1. The molecule has 1 aliphatic rings. The maximum Gasteiger partial charge on any atom is 0.303 e. The maximum atomic E-state index is 10.4. The Hall–Kier alpha value is -0.840. The predicted molar refractivity (Wildman–Crippen MR) is 67.5 cm³/mol. The first-order valence-electron chi connectivity index (χ1n) is 5.62. The summed E-state index contributed by atoms with van der Waals surface area (Å²) in [7, 11) is 0. The average Bonchev–Trinajstić information content (AvgIpc) is 2.07. The van der Waals surface area contributed by atoms with E-state index in [4.69, 9.17) is 17.3 Å². The van der Waals surface area contributed by atoms with E-state index < -0.39 is 5.97 Å². The van der Waals surface area contributed by atoms with E-state index in [0.717, 1.165) is 18.1 Å². The molecule has 0 aliphatic carbocycles. The zero-order valence-corrected chi connectivity index (χ0v) is 10.9. The number of hydrogen-bond acceptors (Lipinski definition) is 2. The van der Waals surface area contributed by atoms with Crippen molar-refractivity contribution in [2.24, 2.45) is 0 Å². The summed E-state index contributed by atoms with van der Waals surface area (Å²) >= 11 is 5.30. The van der Waals surface area contributed by atoms with Gasteiger partial charge in [0, 0.05) is 24.5 Å². The van der Waals surface area contributed by atoms with Gasteiger partial charge in [0.25, 0.3) is 0 Å². The van der Waals surface area contributed by atoms with Crippen molar-refractivity contribution >= 4 is 23.3 Å². The Morgan fingerprint density at radius 1 is 1.69 bits per heavy atom. The van der Waals surface area contributed by atoms with Crippen molar-refractivity contribution < 1.29 is 9.90 Å². The third-order valence-electron chi connectivity index (χ3n) is 2.83. The Morgan fingerprint density at radius 3 is 2.81 bits per heavy atom.